The maximum atomic E-state index is 4.23. The molecule has 0 atom stereocenters. The predicted octanol–water partition coefficient (Wildman–Crippen LogP) is 0.328. The summed E-state index contributed by atoms with van der Waals surface area (Å²) in [5.74, 6) is 1.22. The molecule has 1 aromatic heterocycles. The molecule has 10 heavy (non-hydrogen) atoms. The molecule has 0 unspecified atom stereocenters. The van der Waals surface area contributed by atoms with E-state index in [1.165, 1.54) is 5.82 Å². The van der Waals surface area contributed by atoms with Crippen molar-refractivity contribution in [3.05, 3.63) is 18.2 Å². The zero-order valence-electron chi connectivity index (χ0n) is 6.12. The van der Waals surface area contributed by atoms with Crippen LogP contribution < -0.4 is 0 Å². The first kappa shape index (κ1) is 5.92. The van der Waals surface area contributed by atoms with Gasteiger partial charge in [0.15, 0.2) is 0 Å². The molecule has 0 radical (unpaired) electrons. The molecule has 54 valence electrons. The van der Waals surface area contributed by atoms with Crippen LogP contribution in [0.25, 0.3) is 0 Å². The smallest absolute Gasteiger partial charge is 0.111 e. The molecule has 2 rings (SSSR count). The minimum atomic E-state index is 0.995. The Morgan fingerprint density at radius 3 is 3.40 bits per heavy atom. The molecule has 0 bridgehead atoms. The van der Waals surface area contributed by atoms with Gasteiger partial charge in [-0.3, -0.25) is 4.90 Å². The summed E-state index contributed by atoms with van der Waals surface area (Å²) < 4.78 is 2.18. The summed E-state index contributed by atoms with van der Waals surface area (Å²) in [5.41, 5.74) is 0. The molecule has 3 nitrogen and oxygen atoms in total. The van der Waals surface area contributed by atoms with Crippen molar-refractivity contribution in [2.45, 2.75) is 13.1 Å². The van der Waals surface area contributed by atoms with Crippen LogP contribution in [-0.2, 0) is 13.1 Å². The van der Waals surface area contributed by atoms with E-state index in [1.54, 1.807) is 0 Å². The van der Waals surface area contributed by atoms with E-state index in [1.807, 2.05) is 12.4 Å². The Labute approximate surface area is 60.3 Å². The minimum absolute atomic E-state index is 0.995. The third-order valence-corrected chi connectivity index (χ3v) is 1.91. The first-order chi connectivity index (χ1) is 4.86. The second kappa shape index (κ2) is 2.09. The van der Waals surface area contributed by atoms with Crippen LogP contribution in [0, 0.1) is 0 Å². The van der Waals surface area contributed by atoms with Gasteiger partial charge in [0.2, 0.25) is 0 Å². The molecule has 3 heteroatoms. The SMILES string of the molecule is CN1CCc2nccn2C1. The van der Waals surface area contributed by atoms with Crippen LogP contribution in [0.4, 0.5) is 0 Å². The van der Waals surface area contributed by atoms with Gasteiger partial charge in [-0.1, -0.05) is 0 Å². The fraction of sp³-hybridized carbons (Fsp3) is 0.571. The van der Waals surface area contributed by atoms with Gasteiger partial charge in [-0.2, -0.15) is 0 Å². The second-order valence-electron chi connectivity index (χ2n) is 2.78. The van der Waals surface area contributed by atoms with Crippen LogP contribution >= 0.6 is 0 Å². The van der Waals surface area contributed by atoms with Crippen molar-refractivity contribution in [1.29, 1.82) is 0 Å². The molecule has 0 aliphatic carbocycles. The lowest BCUT2D eigenvalue weighted by Crippen LogP contribution is -2.30. The molecule has 0 amide bonds. The zero-order chi connectivity index (χ0) is 6.97. The fourth-order valence-corrected chi connectivity index (χ4v) is 1.32. The zero-order valence-corrected chi connectivity index (χ0v) is 6.12. The molecule has 0 aromatic carbocycles. The van der Waals surface area contributed by atoms with E-state index in [0.29, 0.717) is 0 Å². The molecule has 0 fully saturated rings. The van der Waals surface area contributed by atoms with E-state index in [2.05, 4.69) is 21.5 Å². The van der Waals surface area contributed by atoms with Crippen molar-refractivity contribution in [2.75, 3.05) is 13.6 Å². The van der Waals surface area contributed by atoms with Gasteiger partial charge < -0.3 is 4.57 Å². The number of hydrogen-bond acceptors (Lipinski definition) is 2. The van der Waals surface area contributed by atoms with Crippen molar-refractivity contribution in [1.82, 2.24) is 14.5 Å². The van der Waals surface area contributed by atoms with E-state index in [4.69, 9.17) is 0 Å². The van der Waals surface area contributed by atoms with Crippen LogP contribution in [0.5, 0.6) is 0 Å². The number of nitrogens with zero attached hydrogens (tertiary/aromatic N) is 3. The summed E-state index contributed by atoms with van der Waals surface area (Å²) in [4.78, 5) is 6.51. The highest BCUT2D eigenvalue weighted by Gasteiger charge is 2.11. The van der Waals surface area contributed by atoms with Gasteiger partial charge in [0.25, 0.3) is 0 Å². The van der Waals surface area contributed by atoms with Crippen LogP contribution in [0.15, 0.2) is 12.4 Å². The Bertz CT molecular complexity index is 229. The van der Waals surface area contributed by atoms with Crippen LogP contribution in [0.3, 0.4) is 0 Å². The fourth-order valence-electron chi connectivity index (χ4n) is 1.32. The minimum Gasteiger partial charge on any atom is -0.321 e. The van der Waals surface area contributed by atoms with Crippen molar-refractivity contribution >= 4 is 0 Å². The predicted molar refractivity (Wildman–Crippen MR) is 38.6 cm³/mol. The molecular formula is C7H11N3. The maximum Gasteiger partial charge on any atom is 0.111 e. The van der Waals surface area contributed by atoms with Crippen LogP contribution in [0.2, 0.25) is 0 Å². The average Bonchev–Trinajstić information content (AvgIpc) is 2.33. The normalized spacial score (nSPS) is 18.9. The number of likely N-dealkylation sites (N-methyl/N-ethyl adjacent to an activating group) is 1. The molecule has 2 heterocycles. The number of aromatic nitrogens is 2. The number of imidazole rings is 1. The van der Waals surface area contributed by atoms with Gasteiger partial charge in [-0.25, -0.2) is 4.98 Å². The summed E-state index contributed by atoms with van der Waals surface area (Å²) in [6.07, 6.45) is 4.99. The maximum absolute atomic E-state index is 4.23. The summed E-state index contributed by atoms with van der Waals surface area (Å²) in [6.45, 7) is 2.13. The van der Waals surface area contributed by atoms with Crippen molar-refractivity contribution < 1.29 is 0 Å². The van der Waals surface area contributed by atoms with Gasteiger partial charge in [0.1, 0.15) is 5.82 Å². The van der Waals surface area contributed by atoms with E-state index in [0.717, 1.165) is 19.6 Å². The lowest BCUT2D eigenvalue weighted by atomic mass is 10.3. The van der Waals surface area contributed by atoms with Crippen molar-refractivity contribution in [2.24, 2.45) is 0 Å². The molecule has 1 aliphatic rings. The second-order valence-corrected chi connectivity index (χ2v) is 2.78. The van der Waals surface area contributed by atoms with E-state index >= 15 is 0 Å². The summed E-state index contributed by atoms with van der Waals surface area (Å²) in [6, 6.07) is 0. The van der Waals surface area contributed by atoms with Crippen molar-refractivity contribution in [3.63, 3.8) is 0 Å². The molecular weight excluding hydrogens is 126 g/mol. The third-order valence-electron chi connectivity index (χ3n) is 1.91. The Balaban J connectivity index is 2.30. The number of fused-ring (bicyclic) bond motifs is 1. The van der Waals surface area contributed by atoms with Gasteiger partial charge in [-0.15, -0.1) is 0 Å². The highest BCUT2D eigenvalue weighted by atomic mass is 15.3. The van der Waals surface area contributed by atoms with Crippen LogP contribution in [0.1, 0.15) is 5.82 Å². The highest BCUT2D eigenvalue weighted by Crippen LogP contribution is 2.06. The van der Waals surface area contributed by atoms with Gasteiger partial charge in [0.05, 0.1) is 6.67 Å². The topological polar surface area (TPSA) is 21.1 Å². The quantitative estimate of drug-likeness (QED) is 0.513. The Morgan fingerprint density at radius 2 is 2.50 bits per heavy atom. The molecule has 0 saturated heterocycles. The van der Waals surface area contributed by atoms with E-state index in [9.17, 15) is 0 Å². The lowest BCUT2D eigenvalue weighted by molar-refractivity contribution is 0.237. The van der Waals surface area contributed by atoms with Gasteiger partial charge >= 0.3 is 0 Å². The Kier molecular flexibility index (Phi) is 1.24. The van der Waals surface area contributed by atoms with E-state index in [-0.39, 0.29) is 0 Å². The van der Waals surface area contributed by atoms with Crippen LogP contribution in [-0.4, -0.2) is 28.0 Å². The largest absolute Gasteiger partial charge is 0.321 e. The summed E-state index contributed by atoms with van der Waals surface area (Å²) in [7, 11) is 2.13. The van der Waals surface area contributed by atoms with Gasteiger partial charge in [0, 0.05) is 25.4 Å². The summed E-state index contributed by atoms with van der Waals surface area (Å²) in [5, 5.41) is 0. The monoisotopic (exact) mass is 137 g/mol. The van der Waals surface area contributed by atoms with Crippen molar-refractivity contribution in [3.8, 4) is 0 Å². The number of rotatable bonds is 0. The molecule has 1 aromatic rings. The molecule has 0 N–H and O–H groups in total. The lowest BCUT2D eigenvalue weighted by Gasteiger charge is -2.23. The average molecular weight is 137 g/mol. The Hall–Kier alpha value is -0.830. The molecule has 1 aliphatic heterocycles. The molecule has 0 saturated carbocycles. The third kappa shape index (κ3) is 0.827. The highest BCUT2D eigenvalue weighted by molar-refractivity contribution is 4.95. The number of hydrogen-bond donors (Lipinski definition) is 0. The first-order valence-electron chi connectivity index (χ1n) is 3.55. The Morgan fingerprint density at radius 1 is 1.60 bits per heavy atom. The first-order valence-corrected chi connectivity index (χ1v) is 3.55. The standard InChI is InChI=1S/C7H11N3/c1-9-4-2-7-8-3-5-10(7)6-9/h3,5H,2,4,6H2,1H3. The summed E-state index contributed by atoms with van der Waals surface area (Å²) >= 11 is 0. The van der Waals surface area contributed by atoms with Gasteiger partial charge in [-0.05, 0) is 7.05 Å². The van der Waals surface area contributed by atoms with E-state index < -0.39 is 0 Å². The molecule has 0 spiro atoms.